The number of amides is 1. The summed E-state index contributed by atoms with van der Waals surface area (Å²) in [5.74, 6) is -0.143. The van der Waals surface area contributed by atoms with Crippen LogP contribution in [0.3, 0.4) is 0 Å². The van der Waals surface area contributed by atoms with E-state index in [2.05, 4.69) is 28.4 Å². The van der Waals surface area contributed by atoms with Gasteiger partial charge in [0.2, 0.25) is 5.91 Å². The number of nitrogens with zero attached hydrogens (tertiary/aromatic N) is 1. The molecule has 1 aliphatic heterocycles. The van der Waals surface area contributed by atoms with Crippen LogP contribution >= 0.6 is 11.6 Å². The minimum atomic E-state index is -0.201. The maximum Gasteiger partial charge on any atom is 0.228 e. The summed E-state index contributed by atoms with van der Waals surface area (Å²) in [6, 6.07) is 16.1. The average molecular weight is 329 g/mol. The van der Waals surface area contributed by atoms with E-state index in [4.69, 9.17) is 11.6 Å². The van der Waals surface area contributed by atoms with Gasteiger partial charge in [0, 0.05) is 24.7 Å². The number of nitrogens with one attached hydrogen (secondary N) is 1. The number of likely N-dealkylation sites (N-methyl/N-ethyl adjacent to an activating group) is 1. The topological polar surface area (TPSA) is 32.3 Å². The van der Waals surface area contributed by atoms with Crippen LogP contribution in [-0.2, 0) is 17.8 Å². The van der Waals surface area contributed by atoms with Crippen LogP contribution in [0.5, 0.6) is 0 Å². The van der Waals surface area contributed by atoms with Crippen LogP contribution in [0.2, 0.25) is 5.02 Å². The Bertz CT molecular complexity index is 687. The SMILES string of the molecule is CN1Cc2cccc(Cl)c2C(C(=O)NCCc2ccccc2)C1. The van der Waals surface area contributed by atoms with Crippen molar-refractivity contribution in [3.05, 3.63) is 70.2 Å². The third kappa shape index (κ3) is 3.74. The van der Waals surface area contributed by atoms with Gasteiger partial charge < -0.3 is 10.2 Å². The summed E-state index contributed by atoms with van der Waals surface area (Å²) in [5.41, 5.74) is 3.37. The second kappa shape index (κ2) is 7.16. The number of hydrogen-bond donors (Lipinski definition) is 1. The Morgan fingerprint density at radius 1 is 1.22 bits per heavy atom. The number of carbonyl (C=O) groups excluding carboxylic acids is 1. The lowest BCUT2D eigenvalue weighted by molar-refractivity contribution is -0.123. The number of carbonyl (C=O) groups is 1. The van der Waals surface area contributed by atoms with E-state index >= 15 is 0 Å². The largest absolute Gasteiger partial charge is 0.355 e. The predicted molar refractivity (Wildman–Crippen MR) is 93.7 cm³/mol. The van der Waals surface area contributed by atoms with E-state index in [9.17, 15) is 4.79 Å². The fourth-order valence-corrected chi connectivity index (χ4v) is 3.51. The molecule has 0 saturated heterocycles. The van der Waals surface area contributed by atoms with E-state index in [1.807, 2.05) is 37.4 Å². The Morgan fingerprint density at radius 2 is 2.00 bits per heavy atom. The molecule has 3 rings (SSSR count). The summed E-state index contributed by atoms with van der Waals surface area (Å²) < 4.78 is 0. The molecular formula is C19H21ClN2O. The first-order chi connectivity index (χ1) is 11.1. The van der Waals surface area contributed by atoms with Gasteiger partial charge in [-0.1, -0.05) is 54.1 Å². The van der Waals surface area contributed by atoms with Crippen LogP contribution in [0, 0.1) is 0 Å². The van der Waals surface area contributed by atoms with Gasteiger partial charge in [-0.15, -0.1) is 0 Å². The molecule has 4 heteroatoms. The summed E-state index contributed by atoms with van der Waals surface area (Å²) in [5, 5.41) is 3.76. The van der Waals surface area contributed by atoms with Gasteiger partial charge in [0.25, 0.3) is 0 Å². The monoisotopic (exact) mass is 328 g/mol. The van der Waals surface area contributed by atoms with Crippen LogP contribution in [0.15, 0.2) is 48.5 Å². The summed E-state index contributed by atoms with van der Waals surface area (Å²) in [6.45, 7) is 2.18. The highest BCUT2D eigenvalue weighted by atomic mass is 35.5. The second-order valence-corrected chi connectivity index (χ2v) is 6.50. The zero-order valence-corrected chi connectivity index (χ0v) is 14.0. The second-order valence-electron chi connectivity index (χ2n) is 6.09. The molecule has 3 nitrogen and oxygen atoms in total. The molecule has 0 fully saturated rings. The molecule has 0 saturated carbocycles. The van der Waals surface area contributed by atoms with Crippen LogP contribution in [0.4, 0.5) is 0 Å². The van der Waals surface area contributed by atoms with Crippen LogP contribution < -0.4 is 5.32 Å². The molecule has 1 aliphatic rings. The number of hydrogen-bond acceptors (Lipinski definition) is 2. The third-order valence-corrected chi connectivity index (χ3v) is 4.63. The molecule has 120 valence electrons. The summed E-state index contributed by atoms with van der Waals surface area (Å²) in [4.78, 5) is 14.8. The number of halogens is 1. The smallest absolute Gasteiger partial charge is 0.228 e. The lowest BCUT2D eigenvalue weighted by atomic mass is 9.89. The summed E-state index contributed by atoms with van der Waals surface area (Å²) in [7, 11) is 2.04. The van der Waals surface area contributed by atoms with Crippen molar-refractivity contribution in [1.82, 2.24) is 10.2 Å². The third-order valence-electron chi connectivity index (χ3n) is 4.30. The van der Waals surface area contributed by atoms with E-state index in [0.29, 0.717) is 18.1 Å². The fourth-order valence-electron chi connectivity index (χ4n) is 3.18. The maximum absolute atomic E-state index is 12.7. The van der Waals surface area contributed by atoms with Crippen molar-refractivity contribution in [2.75, 3.05) is 20.1 Å². The van der Waals surface area contributed by atoms with Gasteiger partial charge in [-0.2, -0.15) is 0 Å². The Balaban J connectivity index is 1.68. The van der Waals surface area contributed by atoms with Crippen LogP contribution in [0.1, 0.15) is 22.6 Å². The zero-order chi connectivity index (χ0) is 16.2. The lowest BCUT2D eigenvalue weighted by Crippen LogP contribution is -2.40. The molecule has 1 amide bonds. The van der Waals surface area contributed by atoms with E-state index in [1.54, 1.807) is 0 Å². The van der Waals surface area contributed by atoms with Crippen molar-refractivity contribution in [3.8, 4) is 0 Å². The highest BCUT2D eigenvalue weighted by molar-refractivity contribution is 6.31. The van der Waals surface area contributed by atoms with Gasteiger partial charge in [0.15, 0.2) is 0 Å². The Morgan fingerprint density at radius 3 is 2.78 bits per heavy atom. The van der Waals surface area contributed by atoms with Gasteiger partial charge >= 0.3 is 0 Å². The Kier molecular flexibility index (Phi) is 4.99. The molecule has 23 heavy (non-hydrogen) atoms. The van der Waals surface area contributed by atoms with Crippen molar-refractivity contribution in [2.45, 2.75) is 18.9 Å². The fraction of sp³-hybridized carbons (Fsp3) is 0.316. The first-order valence-electron chi connectivity index (χ1n) is 7.92. The van der Waals surface area contributed by atoms with Crippen molar-refractivity contribution in [3.63, 3.8) is 0 Å². The van der Waals surface area contributed by atoms with Crippen LogP contribution in [-0.4, -0.2) is 30.9 Å². The molecule has 1 heterocycles. The first-order valence-corrected chi connectivity index (χ1v) is 8.30. The molecule has 0 bridgehead atoms. The molecule has 1 unspecified atom stereocenters. The lowest BCUT2D eigenvalue weighted by Gasteiger charge is -2.32. The minimum absolute atomic E-state index is 0.0573. The average Bonchev–Trinajstić information content (AvgIpc) is 2.55. The first kappa shape index (κ1) is 16.0. The zero-order valence-electron chi connectivity index (χ0n) is 13.3. The number of rotatable bonds is 4. The highest BCUT2D eigenvalue weighted by Crippen LogP contribution is 2.33. The summed E-state index contributed by atoms with van der Waals surface area (Å²) >= 11 is 6.36. The van der Waals surface area contributed by atoms with Crippen molar-refractivity contribution < 1.29 is 4.79 Å². The quantitative estimate of drug-likeness (QED) is 0.934. The molecule has 1 atom stereocenters. The van der Waals surface area contributed by atoms with E-state index < -0.39 is 0 Å². The Labute approximate surface area is 142 Å². The van der Waals surface area contributed by atoms with Crippen molar-refractivity contribution >= 4 is 17.5 Å². The number of fused-ring (bicyclic) bond motifs is 1. The number of benzene rings is 2. The molecule has 0 spiro atoms. The van der Waals surface area contributed by atoms with Gasteiger partial charge in [-0.25, -0.2) is 0 Å². The predicted octanol–water partition coefficient (Wildman–Crippen LogP) is 3.23. The summed E-state index contributed by atoms with van der Waals surface area (Å²) in [6.07, 6.45) is 0.838. The van der Waals surface area contributed by atoms with Gasteiger partial charge in [0.05, 0.1) is 5.92 Å². The maximum atomic E-state index is 12.7. The van der Waals surface area contributed by atoms with E-state index in [-0.39, 0.29) is 11.8 Å². The van der Waals surface area contributed by atoms with Gasteiger partial charge in [-0.05, 0) is 36.2 Å². The normalized spacial score (nSPS) is 17.6. The molecule has 2 aromatic rings. The molecular weight excluding hydrogens is 308 g/mol. The molecule has 0 radical (unpaired) electrons. The van der Waals surface area contributed by atoms with Gasteiger partial charge in [0.1, 0.15) is 0 Å². The van der Waals surface area contributed by atoms with E-state index in [0.717, 1.165) is 24.1 Å². The minimum Gasteiger partial charge on any atom is -0.355 e. The van der Waals surface area contributed by atoms with Crippen molar-refractivity contribution in [1.29, 1.82) is 0 Å². The Hall–Kier alpha value is -1.84. The van der Waals surface area contributed by atoms with Crippen LogP contribution in [0.25, 0.3) is 0 Å². The molecule has 0 aliphatic carbocycles. The molecule has 1 N–H and O–H groups in total. The molecule has 0 aromatic heterocycles. The molecule has 2 aromatic carbocycles. The van der Waals surface area contributed by atoms with Gasteiger partial charge in [-0.3, -0.25) is 4.79 Å². The van der Waals surface area contributed by atoms with Crippen molar-refractivity contribution in [2.24, 2.45) is 0 Å². The van der Waals surface area contributed by atoms with E-state index in [1.165, 1.54) is 5.56 Å². The highest BCUT2D eigenvalue weighted by Gasteiger charge is 2.30. The standard InChI is InChI=1S/C19H21ClN2O/c1-22-12-15-8-5-9-17(20)18(15)16(13-22)19(23)21-11-10-14-6-3-2-4-7-14/h2-9,16H,10-13H2,1H3,(H,21,23).